The highest BCUT2D eigenvalue weighted by Gasteiger charge is 2.15. The standard InChI is InChI=1S/C6H10N2O4/c1-8(6(11)12-2)5(10)7-3-4-9/h4H,3H2,1-2H3,(H,7,10). The number of carbonyl (C=O) groups excluding carboxylic acids is 3. The van der Waals surface area contributed by atoms with E-state index in [1.54, 1.807) is 0 Å². The summed E-state index contributed by atoms with van der Waals surface area (Å²) >= 11 is 0. The molecule has 0 aromatic heterocycles. The molecule has 6 heteroatoms. The van der Waals surface area contributed by atoms with Gasteiger partial charge in [-0.1, -0.05) is 0 Å². The van der Waals surface area contributed by atoms with Crippen LogP contribution in [-0.2, 0) is 9.53 Å². The molecule has 0 unspecified atom stereocenters. The first kappa shape index (κ1) is 10.4. The molecular weight excluding hydrogens is 164 g/mol. The van der Waals surface area contributed by atoms with Gasteiger partial charge in [0.25, 0.3) is 0 Å². The van der Waals surface area contributed by atoms with Crippen molar-refractivity contribution in [3.63, 3.8) is 0 Å². The quantitative estimate of drug-likeness (QED) is 0.577. The summed E-state index contributed by atoms with van der Waals surface area (Å²) in [6, 6.07) is -0.672. The molecule has 1 N–H and O–H groups in total. The molecule has 12 heavy (non-hydrogen) atoms. The third-order valence-corrected chi connectivity index (χ3v) is 1.09. The number of nitrogens with one attached hydrogen (secondary N) is 1. The van der Waals surface area contributed by atoms with E-state index in [0.29, 0.717) is 6.29 Å². The third kappa shape index (κ3) is 3.00. The average Bonchev–Trinajstić information content (AvgIpc) is 2.11. The Morgan fingerprint density at radius 1 is 1.58 bits per heavy atom. The van der Waals surface area contributed by atoms with Crippen molar-refractivity contribution >= 4 is 18.4 Å². The van der Waals surface area contributed by atoms with Crippen LogP contribution in [0.25, 0.3) is 0 Å². The first-order chi connectivity index (χ1) is 5.63. The monoisotopic (exact) mass is 174 g/mol. The van der Waals surface area contributed by atoms with Crippen molar-refractivity contribution in [1.82, 2.24) is 10.2 Å². The number of urea groups is 1. The maximum absolute atomic E-state index is 10.9. The molecule has 0 aliphatic rings. The lowest BCUT2D eigenvalue weighted by molar-refractivity contribution is -0.107. The fraction of sp³-hybridized carbons (Fsp3) is 0.500. The second kappa shape index (κ2) is 5.11. The minimum absolute atomic E-state index is 0.125. The molecule has 0 aromatic carbocycles. The zero-order valence-corrected chi connectivity index (χ0v) is 6.86. The smallest absolute Gasteiger partial charge is 0.417 e. The van der Waals surface area contributed by atoms with Gasteiger partial charge in [-0.05, 0) is 0 Å². The zero-order valence-electron chi connectivity index (χ0n) is 6.86. The highest BCUT2D eigenvalue weighted by molar-refractivity contribution is 5.91. The van der Waals surface area contributed by atoms with Gasteiger partial charge in [-0.25, -0.2) is 14.5 Å². The van der Waals surface area contributed by atoms with Crippen LogP contribution in [0.2, 0.25) is 0 Å². The Kier molecular flexibility index (Phi) is 4.43. The van der Waals surface area contributed by atoms with Crippen molar-refractivity contribution < 1.29 is 19.1 Å². The van der Waals surface area contributed by atoms with Gasteiger partial charge in [0.05, 0.1) is 13.7 Å². The number of amides is 3. The Morgan fingerprint density at radius 2 is 2.17 bits per heavy atom. The minimum atomic E-state index is -0.779. The molecule has 0 radical (unpaired) electrons. The second-order valence-corrected chi connectivity index (χ2v) is 1.88. The summed E-state index contributed by atoms with van der Waals surface area (Å²) in [6.45, 7) is -0.125. The number of ether oxygens (including phenoxy) is 1. The molecule has 0 heterocycles. The van der Waals surface area contributed by atoms with E-state index < -0.39 is 12.1 Å². The lowest BCUT2D eigenvalue weighted by atomic mass is 10.7. The normalized spacial score (nSPS) is 8.50. The molecule has 0 aliphatic carbocycles. The van der Waals surface area contributed by atoms with Crippen LogP contribution in [0.15, 0.2) is 0 Å². The van der Waals surface area contributed by atoms with Gasteiger partial charge in [-0.2, -0.15) is 0 Å². The summed E-state index contributed by atoms with van der Waals surface area (Å²) in [6.07, 6.45) is -0.262. The van der Waals surface area contributed by atoms with E-state index in [0.717, 1.165) is 12.0 Å². The first-order valence-corrected chi connectivity index (χ1v) is 3.16. The van der Waals surface area contributed by atoms with Crippen LogP contribution in [0, 0.1) is 0 Å². The van der Waals surface area contributed by atoms with Crippen LogP contribution < -0.4 is 5.32 Å². The predicted octanol–water partition coefficient (Wildman–Crippen LogP) is -0.407. The van der Waals surface area contributed by atoms with Crippen molar-refractivity contribution in [2.45, 2.75) is 0 Å². The summed E-state index contributed by atoms with van der Waals surface area (Å²) in [5.74, 6) is 0. The number of methoxy groups -OCH3 is 1. The van der Waals surface area contributed by atoms with Gasteiger partial charge in [0.1, 0.15) is 6.29 Å². The molecule has 0 saturated heterocycles. The van der Waals surface area contributed by atoms with Crippen LogP contribution >= 0.6 is 0 Å². The van der Waals surface area contributed by atoms with Crippen molar-refractivity contribution in [3.05, 3.63) is 0 Å². The number of nitrogens with zero attached hydrogens (tertiary/aromatic N) is 1. The SMILES string of the molecule is COC(=O)N(C)C(=O)NCC=O. The van der Waals surface area contributed by atoms with Gasteiger partial charge in [0.2, 0.25) is 0 Å². The van der Waals surface area contributed by atoms with Crippen LogP contribution in [0.5, 0.6) is 0 Å². The Hall–Kier alpha value is -1.59. The molecule has 0 aromatic rings. The van der Waals surface area contributed by atoms with Gasteiger partial charge in [0, 0.05) is 7.05 Å². The minimum Gasteiger partial charge on any atom is -0.452 e. The Labute approximate surface area is 69.5 Å². The summed E-state index contributed by atoms with van der Waals surface area (Å²) in [5.41, 5.74) is 0. The number of carbonyl (C=O) groups is 3. The largest absolute Gasteiger partial charge is 0.452 e. The highest BCUT2D eigenvalue weighted by atomic mass is 16.5. The van der Waals surface area contributed by atoms with E-state index in [2.05, 4.69) is 10.1 Å². The maximum atomic E-state index is 10.9. The third-order valence-electron chi connectivity index (χ3n) is 1.09. The molecular formula is C6H10N2O4. The number of imide groups is 1. The molecule has 0 fully saturated rings. The number of rotatable bonds is 2. The van der Waals surface area contributed by atoms with Crippen LogP contribution in [-0.4, -0.2) is 44.0 Å². The number of aldehydes is 1. The highest BCUT2D eigenvalue weighted by Crippen LogP contribution is 1.87. The maximum Gasteiger partial charge on any atom is 0.417 e. The Bertz CT molecular complexity index is 192. The van der Waals surface area contributed by atoms with E-state index >= 15 is 0 Å². The van der Waals surface area contributed by atoms with Gasteiger partial charge >= 0.3 is 12.1 Å². The summed E-state index contributed by atoms with van der Waals surface area (Å²) in [4.78, 5) is 32.1. The predicted molar refractivity (Wildman–Crippen MR) is 39.6 cm³/mol. The summed E-state index contributed by atoms with van der Waals surface area (Å²) < 4.78 is 4.25. The lowest BCUT2D eigenvalue weighted by Crippen LogP contribution is -2.41. The Morgan fingerprint density at radius 3 is 2.58 bits per heavy atom. The summed E-state index contributed by atoms with van der Waals surface area (Å²) in [5, 5.41) is 2.17. The number of hydrogen-bond acceptors (Lipinski definition) is 4. The van der Waals surface area contributed by atoms with E-state index in [1.165, 1.54) is 7.05 Å². The van der Waals surface area contributed by atoms with Crippen molar-refractivity contribution in [2.24, 2.45) is 0 Å². The van der Waals surface area contributed by atoms with E-state index in [4.69, 9.17) is 0 Å². The van der Waals surface area contributed by atoms with Crippen LogP contribution in [0.3, 0.4) is 0 Å². The van der Waals surface area contributed by atoms with E-state index in [1.807, 2.05) is 0 Å². The van der Waals surface area contributed by atoms with Gasteiger partial charge in [0.15, 0.2) is 0 Å². The summed E-state index contributed by atoms with van der Waals surface area (Å²) in [7, 11) is 2.40. The van der Waals surface area contributed by atoms with Crippen molar-refractivity contribution in [3.8, 4) is 0 Å². The molecule has 3 amide bonds. The van der Waals surface area contributed by atoms with Crippen LogP contribution in [0.4, 0.5) is 9.59 Å². The molecule has 0 spiro atoms. The second-order valence-electron chi connectivity index (χ2n) is 1.88. The topological polar surface area (TPSA) is 75.7 Å². The first-order valence-electron chi connectivity index (χ1n) is 3.16. The molecule has 68 valence electrons. The molecule has 0 bridgehead atoms. The molecule has 0 atom stereocenters. The molecule has 0 aliphatic heterocycles. The Balaban J connectivity index is 3.92. The van der Waals surface area contributed by atoms with E-state index in [-0.39, 0.29) is 6.54 Å². The van der Waals surface area contributed by atoms with Gasteiger partial charge in [-0.3, -0.25) is 0 Å². The lowest BCUT2D eigenvalue weighted by Gasteiger charge is -2.12. The zero-order chi connectivity index (χ0) is 9.56. The number of hydrogen-bond donors (Lipinski definition) is 1. The van der Waals surface area contributed by atoms with Gasteiger partial charge in [-0.15, -0.1) is 0 Å². The van der Waals surface area contributed by atoms with Gasteiger partial charge < -0.3 is 14.8 Å². The van der Waals surface area contributed by atoms with Crippen LogP contribution in [0.1, 0.15) is 0 Å². The molecule has 0 saturated carbocycles. The molecule has 6 nitrogen and oxygen atoms in total. The van der Waals surface area contributed by atoms with Crippen molar-refractivity contribution in [2.75, 3.05) is 20.7 Å². The fourth-order valence-electron chi connectivity index (χ4n) is 0.467. The fourth-order valence-corrected chi connectivity index (χ4v) is 0.467. The molecule has 0 rings (SSSR count). The van der Waals surface area contributed by atoms with Crippen molar-refractivity contribution in [1.29, 1.82) is 0 Å². The van der Waals surface area contributed by atoms with E-state index in [9.17, 15) is 14.4 Å². The average molecular weight is 174 g/mol.